The Balaban J connectivity index is 2.19. The summed E-state index contributed by atoms with van der Waals surface area (Å²) in [6, 6.07) is 3.02. The van der Waals surface area contributed by atoms with Crippen molar-refractivity contribution in [2.24, 2.45) is 0 Å². The van der Waals surface area contributed by atoms with Crippen molar-refractivity contribution in [1.29, 1.82) is 0 Å². The van der Waals surface area contributed by atoms with E-state index < -0.39 is 16.4 Å². The van der Waals surface area contributed by atoms with E-state index in [4.69, 9.17) is 4.74 Å². The summed E-state index contributed by atoms with van der Waals surface area (Å²) in [6.07, 6.45) is 1.14. The number of benzene rings is 1. The first-order chi connectivity index (χ1) is 10.0. The molecule has 1 aliphatic heterocycles. The van der Waals surface area contributed by atoms with Crippen molar-refractivity contribution < 1.29 is 24.6 Å². The minimum atomic E-state index is -0.652. The second kappa shape index (κ2) is 6.73. The third-order valence-corrected chi connectivity index (χ3v) is 4.00. The third-order valence-electron chi connectivity index (χ3n) is 4.00. The topological polar surface area (TPSA) is 84.3 Å². The van der Waals surface area contributed by atoms with E-state index in [1.54, 1.807) is 6.07 Å². The molecule has 0 spiro atoms. The van der Waals surface area contributed by atoms with Gasteiger partial charge in [0.2, 0.25) is 0 Å². The highest BCUT2D eigenvalue weighted by Crippen LogP contribution is 2.34. The average Bonchev–Trinajstić information content (AvgIpc) is 2.65. The number of methoxy groups -OCH3 is 1. The van der Waals surface area contributed by atoms with Crippen molar-refractivity contribution in [2.45, 2.75) is 13.0 Å². The Kier molecular flexibility index (Phi) is 4.98. The lowest BCUT2D eigenvalue weighted by Gasteiger charge is -2.18. The van der Waals surface area contributed by atoms with E-state index >= 15 is 0 Å². The predicted octanol–water partition coefficient (Wildman–Crippen LogP) is -2.02. The quantitative estimate of drug-likeness (QED) is 0.496. The molecule has 0 amide bonds. The number of nitrogens with zero attached hydrogens (tertiary/aromatic N) is 1. The summed E-state index contributed by atoms with van der Waals surface area (Å²) in [4.78, 5) is 13.2. The van der Waals surface area contributed by atoms with Crippen LogP contribution in [0, 0.1) is 10.1 Å². The van der Waals surface area contributed by atoms with Gasteiger partial charge in [-0.3, -0.25) is 10.1 Å². The second-order valence-electron chi connectivity index (χ2n) is 5.64. The van der Waals surface area contributed by atoms with Gasteiger partial charge >= 0.3 is 0 Å². The maximum Gasteiger partial charge on any atom is 0.265 e. The van der Waals surface area contributed by atoms with Crippen LogP contribution in [-0.4, -0.2) is 45.3 Å². The van der Waals surface area contributed by atoms with Crippen LogP contribution in [0.4, 0.5) is 5.69 Å². The number of hydrogen-bond donors (Lipinski definition) is 2. The minimum absolute atomic E-state index is 0.0520. The highest BCUT2D eigenvalue weighted by atomic mass is 16.6. The van der Waals surface area contributed by atoms with E-state index in [1.165, 1.54) is 23.0 Å². The number of rotatable bonds is 4. The van der Waals surface area contributed by atoms with Crippen LogP contribution in [-0.2, 0) is 6.54 Å². The molecule has 2 rings (SSSR count). The summed E-state index contributed by atoms with van der Waals surface area (Å²) >= 11 is 0. The van der Waals surface area contributed by atoms with Gasteiger partial charge < -0.3 is 19.6 Å². The van der Waals surface area contributed by atoms with Gasteiger partial charge in [0, 0.05) is 23.8 Å². The smallest absolute Gasteiger partial charge is 0.265 e. The zero-order chi connectivity index (χ0) is 15.4. The lowest BCUT2D eigenvalue weighted by atomic mass is 10.1. The minimum Gasteiger partial charge on any atom is -0.865 e. The number of ether oxygens (including phenoxy) is 1. The number of nitro groups is 1. The molecule has 2 N–H and O–H groups in total. The zero-order valence-electron chi connectivity index (χ0n) is 12.5. The van der Waals surface area contributed by atoms with Gasteiger partial charge in [-0.25, -0.2) is 0 Å². The molecular weight excluding hydrogens is 274 g/mol. The van der Waals surface area contributed by atoms with Crippen LogP contribution in [0.3, 0.4) is 0 Å². The zero-order valence-corrected chi connectivity index (χ0v) is 12.5. The molecule has 116 valence electrons. The van der Waals surface area contributed by atoms with E-state index in [-0.39, 0.29) is 5.75 Å². The number of hydrogen-bond acceptors (Lipinski definition) is 4. The third kappa shape index (κ3) is 3.83. The molecule has 0 bridgehead atoms. The molecule has 2 unspecified atom stereocenters. The van der Waals surface area contributed by atoms with Crippen LogP contribution in [0.2, 0.25) is 0 Å². The van der Waals surface area contributed by atoms with Crippen LogP contribution in [0.15, 0.2) is 12.1 Å². The summed E-state index contributed by atoms with van der Waals surface area (Å²) < 4.78 is 4.98. The van der Waals surface area contributed by atoms with Crippen LogP contribution < -0.4 is 19.6 Å². The Morgan fingerprint density at radius 3 is 2.71 bits per heavy atom. The van der Waals surface area contributed by atoms with Crippen molar-refractivity contribution in [2.75, 3.05) is 40.3 Å². The molecule has 2 atom stereocenters. The Morgan fingerprint density at radius 1 is 1.29 bits per heavy atom. The molecule has 1 aliphatic rings. The summed E-state index contributed by atoms with van der Waals surface area (Å²) in [6.45, 7) is 5.01. The molecule has 1 aromatic carbocycles. The van der Waals surface area contributed by atoms with Crippen molar-refractivity contribution in [3.05, 3.63) is 27.8 Å². The molecule has 1 saturated heterocycles. The van der Waals surface area contributed by atoms with E-state index in [0.717, 1.165) is 38.2 Å². The van der Waals surface area contributed by atoms with Gasteiger partial charge in [0.15, 0.2) is 0 Å². The predicted molar refractivity (Wildman–Crippen MR) is 74.7 cm³/mol. The van der Waals surface area contributed by atoms with Crippen molar-refractivity contribution in [3.8, 4) is 11.5 Å². The van der Waals surface area contributed by atoms with Gasteiger partial charge in [0.05, 0.1) is 32.2 Å². The van der Waals surface area contributed by atoms with Crippen LogP contribution in [0.25, 0.3) is 0 Å². The van der Waals surface area contributed by atoms with E-state index in [1.807, 2.05) is 0 Å². The first-order valence-electron chi connectivity index (χ1n) is 7.18. The maximum absolute atomic E-state index is 11.8. The molecule has 1 fully saturated rings. The Morgan fingerprint density at radius 2 is 2.05 bits per heavy atom. The Labute approximate surface area is 123 Å². The van der Waals surface area contributed by atoms with Crippen LogP contribution in [0.1, 0.15) is 12.0 Å². The van der Waals surface area contributed by atoms with Gasteiger partial charge in [-0.2, -0.15) is 0 Å². The summed E-state index contributed by atoms with van der Waals surface area (Å²) in [5, 5.41) is 22.8. The van der Waals surface area contributed by atoms with Crippen LogP contribution >= 0.6 is 0 Å². The molecule has 0 aromatic heterocycles. The molecule has 7 heteroatoms. The Bertz CT molecular complexity index is 521. The van der Waals surface area contributed by atoms with Crippen molar-refractivity contribution in [3.63, 3.8) is 0 Å². The lowest BCUT2D eigenvalue weighted by molar-refractivity contribution is -0.938. The Hall–Kier alpha value is -1.86. The SMILES string of the molecule is COc1cc(C[NH+]2CCC[NH+](C)CC2)cc([N+](=O)[O-])c1[O-]. The maximum atomic E-state index is 11.8. The fourth-order valence-electron chi connectivity index (χ4n) is 2.78. The first kappa shape index (κ1) is 15.5. The van der Waals surface area contributed by atoms with Crippen LogP contribution in [0.5, 0.6) is 11.5 Å². The van der Waals surface area contributed by atoms with E-state index in [0.29, 0.717) is 6.54 Å². The van der Waals surface area contributed by atoms with Gasteiger partial charge in [0.25, 0.3) is 5.69 Å². The van der Waals surface area contributed by atoms with Gasteiger partial charge in [-0.05, 0) is 6.07 Å². The summed E-state index contributed by atoms with van der Waals surface area (Å²) in [5.74, 6) is -0.600. The first-order valence-corrected chi connectivity index (χ1v) is 7.18. The standard InChI is InChI=1S/C14H21N3O4/c1-15-4-3-5-16(7-6-15)10-11-8-12(17(19)20)14(18)13(9-11)21-2/h8-9,18H,3-7,10H2,1-2H3/p+1. The molecule has 0 aliphatic carbocycles. The average molecular weight is 296 g/mol. The summed E-state index contributed by atoms with van der Waals surface area (Å²) in [7, 11) is 3.55. The van der Waals surface area contributed by atoms with E-state index in [2.05, 4.69) is 7.05 Å². The fourth-order valence-corrected chi connectivity index (χ4v) is 2.78. The molecular formula is C14H22N3O4+. The number of nitro benzene ring substituents is 1. The second-order valence-corrected chi connectivity index (χ2v) is 5.64. The normalized spacial score (nSPS) is 22.6. The largest absolute Gasteiger partial charge is 0.865 e. The molecule has 0 radical (unpaired) electrons. The highest BCUT2D eigenvalue weighted by molar-refractivity contribution is 5.56. The van der Waals surface area contributed by atoms with Crippen molar-refractivity contribution in [1.82, 2.24) is 0 Å². The van der Waals surface area contributed by atoms with Crippen molar-refractivity contribution >= 4 is 5.69 Å². The monoisotopic (exact) mass is 296 g/mol. The molecule has 0 saturated carbocycles. The summed E-state index contributed by atoms with van der Waals surface area (Å²) in [5.41, 5.74) is 0.383. The fraction of sp³-hybridized carbons (Fsp3) is 0.571. The lowest BCUT2D eigenvalue weighted by Crippen LogP contribution is -3.15. The number of likely N-dealkylation sites (N-methyl/N-ethyl adjacent to an activating group) is 1. The molecule has 1 aromatic rings. The number of quaternary nitrogens is 2. The number of nitrogens with one attached hydrogen (secondary N) is 2. The van der Waals surface area contributed by atoms with Gasteiger partial charge in [-0.1, -0.05) is 0 Å². The molecule has 1 heterocycles. The highest BCUT2D eigenvalue weighted by Gasteiger charge is 2.20. The molecule has 7 nitrogen and oxygen atoms in total. The van der Waals surface area contributed by atoms with Gasteiger partial charge in [-0.15, -0.1) is 0 Å². The molecule has 21 heavy (non-hydrogen) atoms. The van der Waals surface area contributed by atoms with Gasteiger partial charge in [0.1, 0.15) is 25.4 Å². The van der Waals surface area contributed by atoms with E-state index in [9.17, 15) is 15.2 Å².